The molecule has 0 rings (SSSR count). The third-order valence-electron chi connectivity index (χ3n) is 0.536. The largest absolute Gasteiger partial charge is 0.396 e. The molecule has 0 heterocycles. The van der Waals surface area contributed by atoms with Gasteiger partial charge < -0.3 is 10.2 Å². The monoisotopic (exact) mass is 92.1 g/mol. The van der Waals surface area contributed by atoms with Crippen LogP contribution in [0, 0.1) is 0 Å². The second-order valence-electron chi connectivity index (χ2n) is 1.32. The van der Waals surface area contributed by atoms with Gasteiger partial charge in [0.05, 0.1) is 6.10 Å². The summed E-state index contributed by atoms with van der Waals surface area (Å²) in [5, 5.41) is 12.3. The molecule has 0 aromatic heterocycles. The summed E-state index contributed by atoms with van der Waals surface area (Å²) < 4.78 is 6.30. The molecule has 6 heavy (non-hydrogen) atoms. The van der Waals surface area contributed by atoms with Gasteiger partial charge >= 0.3 is 0 Å². The highest BCUT2D eigenvalue weighted by Gasteiger charge is 1.88. The van der Waals surface area contributed by atoms with E-state index in [-0.39, 0.29) is 12.7 Å². The predicted molar refractivity (Wildman–Crippen MR) is 23.4 cm³/mol. The molecule has 1 unspecified atom stereocenters. The van der Waals surface area contributed by atoms with Crippen molar-refractivity contribution in [1.82, 2.24) is 0 Å². The SMILES string of the molecule is [3H]OC(C)CCO. The van der Waals surface area contributed by atoms with E-state index in [1.54, 1.807) is 6.92 Å². The first-order valence-corrected chi connectivity index (χ1v) is 2.04. The first-order chi connectivity index (χ1) is 3.31. The molecule has 2 N–H and O–H groups in total. The van der Waals surface area contributed by atoms with E-state index in [0.717, 1.165) is 0 Å². The van der Waals surface area contributed by atoms with Gasteiger partial charge in [0.15, 0.2) is 0 Å². The van der Waals surface area contributed by atoms with Crippen LogP contribution in [-0.2, 0) is 0 Å². The van der Waals surface area contributed by atoms with Crippen LogP contribution in [0.3, 0.4) is 0 Å². The molecule has 0 aliphatic heterocycles. The molecular weight excluding hydrogens is 80.0 g/mol. The van der Waals surface area contributed by atoms with Crippen molar-refractivity contribution in [1.29, 1.82) is 1.43 Å². The van der Waals surface area contributed by atoms with Crippen LogP contribution in [0.1, 0.15) is 13.3 Å². The van der Waals surface area contributed by atoms with E-state index in [1.165, 1.54) is 0 Å². The second kappa shape index (κ2) is 3.12. The lowest BCUT2D eigenvalue weighted by Crippen LogP contribution is -2.00. The molecule has 0 saturated heterocycles. The maximum Gasteiger partial charge on any atom is 0.210 e. The Morgan fingerprint density at radius 1 is 2.00 bits per heavy atom. The number of hydrogen-bond donors (Lipinski definition) is 2. The molecule has 1 atom stereocenters. The fourth-order valence-electron chi connectivity index (χ4n) is 0.182. The zero-order chi connectivity index (χ0) is 5.70. The minimum absolute atomic E-state index is 0.0973. The first-order valence-electron chi connectivity index (χ1n) is 2.45. The molecule has 38 valence electrons. The van der Waals surface area contributed by atoms with E-state index in [0.29, 0.717) is 6.42 Å². The number of aliphatic hydroxyl groups is 2. The summed E-state index contributed by atoms with van der Waals surface area (Å²) in [6.45, 7) is 1.84. The molecule has 0 spiro atoms. The van der Waals surface area contributed by atoms with E-state index in [1.807, 2.05) is 0 Å². The summed E-state index contributed by atoms with van der Waals surface area (Å²) in [7, 11) is 0. The average molecular weight is 92.1 g/mol. The van der Waals surface area contributed by atoms with Crippen molar-refractivity contribution in [2.75, 3.05) is 6.61 Å². The molecular formula is C4H10O2. The van der Waals surface area contributed by atoms with Gasteiger partial charge in [-0.15, -0.1) is 0 Å². The molecule has 0 saturated carbocycles. The molecule has 0 amide bonds. The molecule has 2 heteroatoms. The van der Waals surface area contributed by atoms with Gasteiger partial charge in [-0.25, -0.2) is 0 Å². The summed E-state index contributed by atoms with van der Waals surface area (Å²) in [6.07, 6.45) is 0.411. The Morgan fingerprint density at radius 3 is 2.83 bits per heavy atom. The van der Waals surface area contributed by atoms with E-state index in [4.69, 9.17) is 6.54 Å². The maximum atomic E-state index is 8.20. The Labute approximate surface area is 38.9 Å². The van der Waals surface area contributed by atoms with Crippen molar-refractivity contribution in [3.63, 3.8) is 0 Å². The lowest BCUT2D eigenvalue weighted by Gasteiger charge is -1.95. The van der Waals surface area contributed by atoms with Crippen LogP contribution in [0.2, 0.25) is 0 Å². The molecule has 0 aliphatic carbocycles. The lowest BCUT2D eigenvalue weighted by atomic mass is 10.3. The zero-order valence-corrected chi connectivity index (χ0v) is 3.85. The minimum atomic E-state index is -0.134. The van der Waals surface area contributed by atoms with Gasteiger partial charge in [0.2, 0.25) is 1.43 Å². The fraction of sp³-hybridized carbons (Fsp3) is 1.00. The first kappa shape index (κ1) is 4.09. The van der Waals surface area contributed by atoms with Crippen molar-refractivity contribution in [3.8, 4) is 0 Å². The smallest absolute Gasteiger partial charge is 0.210 e. The molecule has 0 aromatic rings. The summed E-state index contributed by atoms with van der Waals surface area (Å²) >= 11 is 0. The van der Waals surface area contributed by atoms with Crippen LogP contribution in [0.25, 0.3) is 0 Å². The predicted octanol–water partition coefficient (Wildman–Crippen LogP) is -0.250. The van der Waals surface area contributed by atoms with Crippen LogP contribution in [-0.4, -0.2) is 24.4 Å². The summed E-state index contributed by atoms with van der Waals surface area (Å²) in [4.78, 5) is 0. The van der Waals surface area contributed by atoms with Gasteiger partial charge in [-0.05, 0) is 13.3 Å². The minimum Gasteiger partial charge on any atom is -0.396 e. The van der Waals surface area contributed by atoms with Crippen molar-refractivity contribution < 1.29 is 10.2 Å². The van der Waals surface area contributed by atoms with Crippen LogP contribution >= 0.6 is 0 Å². The quantitative estimate of drug-likeness (QED) is 0.504. The second-order valence-corrected chi connectivity index (χ2v) is 1.32. The van der Waals surface area contributed by atoms with Crippen LogP contribution in [0.4, 0.5) is 0 Å². The van der Waals surface area contributed by atoms with Crippen molar-refractivity contribution in [3.05, 3.63) is 0 Å². The summed E-state index contributed by atoms with van der Waals surface area (Å²) in [5.41, 5.74) is 0. The number of hydrogen-bond acceptors (Lipinski definition) is 2. The third kappa shape index (κ3) is 3.92. The highest BCUT2D eigenvalue weighted by atomic mass is 16.3. The fourth-order valence-corrected chi connectivity index (χ4v) is 0.182. The van der Waals surface area contributed by atoms with Gasteiger partial charge in [0.1, 0.15) is 0 Å². The van der Waals surface area contributed by atoms with Gasteiger partial charge in [0.25, 0.3) is 0 Å². The molecule has 2 nitrogen and oxygen atoms in total. The van der Waals surface area contributed by atoms with Gasteiger partial charge in [-0.2, -0.15) is 0 Å². The Morgan fingerprint density at radius 2 is 2.67 bits per heavy atom. The highest BCUT2D eigenvalue weighted by Crippen LogP contribution is 1.83. The zero-order valence-electron chi connectivity index (χ0n) is 4.85. The number of rotatable bonds is 3. The normalized spacial score (nSPS) is 16.7. The standard InChI is InChI=1S/C4H10O2/c1-4(6)2-3-5/h4-6H,2-3H2,1H3/i6T. The number of aliphatic hydroxyl groups excluding tert-OH is 2. The average Bonchev–Trinajstić information content (AvgIpc) is 1.68. The maximum absolute atomic E-state index is 8.20. The van der Waals surface area contributed by atoms with Crippen LogP contribution in [0.5, 0.6) is 0 Å². The van der Waals surface area contributed by atoms with E-state index < -0.39 is 0 Å². The molecule has 0 bridgehead atoms. The molecule has 0 radical (unpaired) electrons. The summed E-state index contributed by atoms with van der Waals surface area (Å²) in [6, 6.07) is 0. The van der Waals surface area contributed by atoms with E-state index in [9.17, 15) is 0 Å². The molecule has 0 aromatic carbocycles. The van der Waals surface area contributed by atoms with E-state index in [2.05, 4.69) is 5.11 Å². The molecule has 0 aliphatic rings. The van der Waals surface area contributed by atoms with E-state index >= 15 is 0 Å². The van der Waals surface area contributed by atoms with Crippen LogP contribution in [0.15, 0.2) is 0 Å². The topological polar surface area (TPSA) is 40.5 Å². The van der Waals surface area contributed by atoms with Crippen LogP contribution < -0.4 is 0 Å². The Bertz CT molecular complexity index is 40.7. The van der Waals surface area contributed by atoms with Crippen molar-refractivity contribution in [2.45, 2.75) is 19.4 Å². The van der Waals surface area contributed by atoms with Gasteiger partial charge in [-0.3, -0.25) is 0 Å². The Balaban J connectivity index is 2.83. The third-order valence-corrected chi connectivity index (χ3v) is 0.536. The molecule has 0 fully saturated rings. The Hall–Kier alpha value is -0.0800. The lowest BCUT2D eigenvalue weighted by molar-refractivity contribution is 0.148. The van der Waals surface area contributed by atoms with Gasteiger partial charge in [-0.1, -0.05) is 0 Å². The van der Waals surface area contributed by atoms with Crippen molar-refractivity contribution in [2.24, 2.45) is 0 Å². The summed E-state index contributed by atoms with van der Waals surface area (Å²) in [5.74, 6) is 0. The Kier molecular flexibility index (Phi) is 2.13. The van der Waals surface area contributed by atoms with Crippen molar-refractivity contribution >= 4 is 0 Å². The highest BCUT2D eigenvalue weighted by molar-refractivity contribution is 4.40. The van der Waals surface area contributed by atoms with Gasteiger partial charge in [0, 0.05) is 6.61 Å².